The fourth-order valence-electron chi connectivity index (χ4n) is 3.25. The number of hydrogen-bond donors (Lipinski definition) is 2. The lowest BCUT2D eigenvalue weighted by atomic mass is 10.2. The molecule has 2 N–H and O–H groups in total. The minimum Gasteiger partial charge on any atom is -0.474 e. The Bertz CT molecular complexity index is 820. The van der Waals surface area contributed by atoms with Gasteiger partial charge >= 0.3 is 0 Å². The van der Waals surface area contributed by atoms with Gasteiger partial charge in [-0.3, -0.25) is 9.59 Å². The molecular formula is C22H26FN3O3. The van der Waals surface area contributed by atoms with Crippen LogP contribution in [0.5, 0.6) is 5.88 Å². The SMILES string of the molecule is O=C(CCCNC(=O)c1ccc(F)cc1)NCc1ccnc(OC2CCCC2)c1. The molecule has 2 aromatic rings. The molecule has 1 fully saturated rings. The van der Waals surface area contributed by atoms with E-state index in [2.05, 4.69) is 15.6 Å². The van der Waals surface area contributed by atoms with Gasteiger partial charge in [-0.15, -0.1) is 0 Å². The molecule has 0 bridgehead atoms. The summed E-state index contributed by atoms with van der Waals surface area (Å²) >= 11 is 0. The summed E-state index contributed by atoms with van der Waals surface area (Å²) in [6.45, 7) is 0.780. The quantitative estimate of drug-likeness (QED) is 0.634. The van der Waals surface area contributed by atoms with Crippen molar-refractivity contribution < 1.29 is 18.7 Å². The summed E-state index contributed by atoms with van der Waals surface area (Å²) in [7, 11) is 0. The number of amides is 2. The molecule has 154 valence electrons. The van der Waals surface area contributed by atoms with E-state index in [9.17, 15) is 14.0 Å². The molecule has 1 aromatic carbocycles. The van der Waals surface area contributed by atoms with Crippen molar-refractivity contribution in [3.63, 3.8) is 0 Å². The first kappa shape index (κ1) is 20.8. The third-order valence-electron chi connectivity index (χ3n) is 4.85. The molecular weight excluding hydrogens is 373 g/mol. The molecule has 7 heteroatoms. The van der Waals surface area contributed by atoms with Gasteiger partial charge in [0.2, 0.25) is 11.8 Å². The van der Waals surface area contributed by atoms with Gasteiger partial charge in [0, 0.05) is 37.3 Å². The van der Waals surface area contributed by atoms with Crippen LogP contribution in [0, 0.1) is 5.82 Å². The van der Waals surface area contributed by atoms with E-state index in [0.29, 0.717) is 37.4 Å². The standard InChI is InChI=1S/C22H26FN3O3/c23-18-9-7-17(8-10-18)22(28)25-12-3-6-20(27)26-15-16-11-13-24-21(14-16)29-19-4-1-2-5-19/h7-11,13-14,19H,1-6,12,15H2,(H,25,28)(H,26,27). The van der Waals surface area contributed by atoms with E-state index in [1.807, 2.05) is 12.1 Å². The van der Waals surface area contributed by atoms with Crippen LogP contribution in [0.4, 0.5) is 4.39 Å². The summed E-state index contributed by atoms with van der Waals surface area (Å²) in [4.78, 5) is 28.2. The maximum Gasteiger partial charge on any atom is 0.251 e. The molecule has 0 saturated heterocycles. The van der Waals surface area contributed by atoms with E-state index < -0.39 is 0 Å². The second-order valence-electron chi connectivity index (χ2n) is 7.17. The first-order valence-electron chi connectivity index (χ1n) is 10.0. The van der Waals surface area contributed by atoms with Crippen LogP contribution in [-0.2, 0) is 11.3 Å². The molecule has 0 aliphatic heterocycles. The fourth-order valence-corrected chi connectivity index (χ4v) is 3.25. The smallest absolute Gasteiger partial charge is 0.251 e. The molecule has 29 heavy (non-hydrogen) atoms. The second-order valence-corrected chi connectivity index (χ2v) is 7.17. The molecule has 3 rings (SSSR count). The van der Waals surface area contributed by atoms with Crippen LogP contribution in [0.15, 0.2) is 42.6 Å². The number of nitrogens with one attached hydrogen (secondary N) is 2. The largest absolute Gasteiger partial charge is 0.474 e. The number of ether oxygens (including phenoxy) is 1. The van der Waals surface area contributed by atoms with Gasteiger partial charge in [0.25, 0.3) is 5.91 Å². The first-order chi connectivity index (χ1) is 14.1. The number of carbonyl (C=O) groups is 2. The molecule has 1 heterocycles. The molecule has 2 amide bonds. The van der Waals surface area contributed by atoms with Crippen LogP contribution < -0.4 is 15.4 Å². The average Bonchev–Trinajstić information content (AvgIpc) is 3.23. The predicted octanol–water partition coefficient (Wildman–Crippen LogP) is 3.37. The lowest BCUT2D eigenvalue weighted by Crippen LogP contribution is -2.27. The Balaban J connectivity index is 1.33. The van der Waals surface area contributed by atoms with Gasteiger partial charge in [-0.25, -0.2) is 9.37 Å². The normalized spacial score (nSPS) is 13.8. The van der Waals surface area contributed by atoms with Crippen LogP contribution >= 0.6 is 0 Å². The van der Waals surface area contributed by atoms with Crippen LogP contribution in [0.3, 0.4) is 0 Å². The van der Waals surface area contributed by atoms with Crippen molar-refractivity contribution in [2.24, 2.45) is 0 Å². The minimum atomic E-state index is -0.385. The minimum absolute atomic E-state index is 0.0869. The lowest BCUT2D eigenvalue weighted by Gasteiger charge is -2.13. The van der Waals surface area contributed by atoms with Crippen LogP contribution in [0.1, 0.15) is 54.4 Å². The maximum absolute atomic E-state index is 12.9. The number of pyridine rings is 1. The molecule has 0 spiro atoms. The topological polar surface area (TPSA) is 80.3 Å². The zero-order valence-electron chi connectivity index (χ0n) is 16.3. The van der Waals surface area contributed by atoms with Crippen molar-refractivity contribution in [3.8, 4) is 5.88 Å². The third kappa shape index (κ3) is 6.85. The van der Waals surface area contributed by atoms with E-state index in [1.54, 1.807) is 6.20 Å². The molecule has 6 nitrogen and oxygen atoms in total. The van der Waals surface area contributed by atoms with Gasteiger partial charge in [-0.05, 0) is 68.0 Å². The summed E-state index contributed by atoms with van der Waals surface area (Å²) < 4.78 is 18.7. The van der Waals surface area contributed by atoms with Crippen LogP contribution in [-0.4, -0.2) is 29.4 Å². The number of hydrogen-bond acceptors (Lipinski definition) is 4. The highest BCUT2D eigenvalue weighted by atomic mass is 19.1. The first-order valence-corrected chi connectivity index (χ1v) is 10.0. The molecule has 1 saturated carbocycles. The van der Waals surface area contributed by atoms with Gasteiger partial charge in [0.1, 0.15) is 11.9 Å². The second kappa shape index (κ2) is 10.5. The number of rotatable bonds is 9. The number of halogens is 1. The summed E-state index contributed by atoms with van der Waals surface area (Å²) in [6, 6.07) is 9.05. The van der Waals surface area contributed by atoms with Gasteiger partial charge in [-0.1, -0.05) is 0 Å². The predicted molar refractivity (Wildman–Crippen MR) is 107 cm³/mol. The monoisotopic (exact) mass is 399 g/mol. The fraction of sp³-hybridized carbons (Fsp3) is 0.409. The molecule has 0 atom stereocenters. The van der Waals surface area contributed by atoms with E-state index in [-0.39, 0.29) is 23.7 Å². The maximum atomic E-state index is 12.9. The highest BCUT2D eigenvalue weighted by molar-refractivity contribution is 5.94. The Morgan fingerprint density at radius 1 is 1.10 bits per heavy atom. The molecule has 0 unspecified atom stereocenters. The van der Waals surface area contributed by atoms with Gasteiger partial charge < -0.3 is 15.4 Å². The Labute approximate surface area is 169 Å². The Kier molecular flexibility index (Phi) is 7.55. The van der Waals surface area contributed by atoms with Crippen molar-refractivity contribution in [2.45, 2.75) is 51.2 Å². The van der Waals surface area contributed by atoms with Crippen LogP contribution in [0.25, 0.3) is 0 Å². The average molecular weight is 399 g/mol. The van der Waals surface area contributed by atoms with Crippen molar-refractivity contribution in [1.29, 1.82) is 0 Å². The number of benzene rings is 1. The Morgan fingerprint density at radius 2 is 1.86 bits per heavy atom. The molecule has 0 radical (unpaired) electrons. The van der Waals surface area contributed by atoms with E-state index in [4.69, 9.17) is 4.74 Å². The van der Waals surface area contributed by atoms with Crippen molar-refractivity contribution in [2.75, 3.05) is 6.54 Å². The van der Waals surface area contributed by atoms with Gasteiger partial charge in [-0.2, -0.15) is 0 Å². The molecule has 1 aliphatic rings. The zero-order chi connectivity index (χ0) is 20.5. The van der Waals surface area contributed by atoms with Gasteiger partial charge in [0.05, 0.1) is 0 Å². The Hall–Kier alpha value is -2.96. The van der Waals surface area contributed by atoms with Crippen LogP contribution in [0.2, 0.25) is 0 Å². The highest BCUT2D eigenvalue weighted by Crippen LogP contribution is 2.23. The lowest BCUT2D eigenvalue weighted by molar-refractivity contribution is -0.121. The van der Waals surface area contributed by atoms with E-state index >= 15 is 0 Å². The van der Waals surface area contributed by atoms with Crippen molar-refractivity contribution in [3.05, 3.63) is 59.5 Å². The zero-order valence-corrected chi connectivity index (χ0v) is 16.3. The van der Waals surface area contributed by atoms with E-state index in [0.717, 1.165) is 18.4 Å². The third-order valence-corrected chi connectivity index (χ3v) is 4.85. The molecule has 1 aromatic heterocycles. The Morgan fingerprint density at radius 3 is 2.62 bits per heavy atom. The van der Waals surface area contributed by atoms with Crippen molar-refractivity contribution in [1.82, 2.24) is 15.6 Å². The van der Waals surface area contributed by atoms with Gasteiger partial charge in [0.15, 0.2) is 0 Å². The number of aromatic nitrogens is 1. The summed E-state index contributed by atoms with van der Waals surface area (Å²) in [5.74, 6) is -0.148. The molecule has 1 aliphatic carbocycles. The number of nitrogens with zero attached hydrogens (tertiary/aromatic N) is 1. The summed E-state index contributed by atoms with van der Waals surface area (Å²) in [5, 5.41) is 5.59. The highest BCUT2D eigenvalue weighted by Gasteiger charge is 2.17. The van der Waals surface area contributed by atoms with Crippen molar-refractivity contribution >= 4 is 11.8 Å². The van der Waals surface area contributed by atoms with E-state index in [1.165, 1.54) is 37.1 Å². The number of carbonyl (C=O) groups excluding carboxylic acids is 2. The summed E-state index contributed by atoms with van der Waals surface area (Å²) in [6.07, 6.45) is 7.30. The summed E-state index contributed by atoms with van der Waals surface area (Å²) in [5.41, 5.74) is 1.33.